The number of nitrogen functional groups attached to an aromatic ring is 1. The summed E-state index contributed by atoms with van der Waals surface area (Å²) in [5, 5.41) is 2.99. The Morgan fingerprint density at radius 3 is 2.74 bits per heavy atom. The van der Waals surface area contributed by atoms with Gasteiger partial charge in [-0.25, -0.2) is 0 Å². The molecule has 1 saturated heterocycles. The van der Waals surface area contributed by atoms with Crippen LogP contribution in [0.1, 0.15) is 23.7 Å². The molecule has 0 spiro atoms. The van der Waals surface area contributed by atoms with Crippen LogP contribution in [0.2, 0.25) is 0 Å². The maximum absolute atomic E-state index is 12.1. The van der Waals surface area contributed by atoms with Gasteiger partial charge in [-0.05, 0) is 31.5 Å². The molecule has 3 N–H and O–H groups in total. The number of rotatable bonds is 3. The Hall–Kier alpha value is -1.75. The number of hydrogen-bond donors (Lipinski definition) is 2. The molecule has 0 saturated carbocycles. The van der Waals surface area contributed by atoms with E-state index in [0.29, 0.717) is 17.9 Å². The minimum atomic E-state index is -0.0978. The van der Waals surface area contributed by atoms with Crippen molar-refractivity contribution in [3.8, 4) is 0 Å². The van der Waals surface area contributed by atoms with Crippen molar-refractivity contribution in [2.75, 3.05) is 31.3 Å². The highest BCUT2D eigenvalue weighted by Crippen LogP contribution is 2.22. The lowest BCUT2D eigenvalue weighted by atomic mass is 10.1. The maximum atomic E-state index is 12.1. The van der Waals surface area contributed by atoms with Crippen molar-refractivity contribution in [2.45, 2.75) is 25.5 Å². The van der Waals surface area contributed by atoms with Gasteiger partial charge >= 0.3 is 0 Å². The van der Waals surface area contributed by atoms with Gasteiger partial charge in [0, 0.05) is 26.3 Å². The van der Waals surface area contributed by atoms with Crippen LogP contribution in [0.3, 0.4) is 0 Å². The molecule has 1 aromatic carbocycles. The van der Waals surface area contributed by atoms with E-state index in [9.17, 15) is 4.79 Å². The number of ether oxygens (including phenoxy) is 1. The Labute approximate surface area is 113 Å². The zero-order valence-corrected chi connectivity index (χ0v) is 11.6. The Kier molecular flexibility index (Phi) is 3.95. The molecule has 0 aromatic heterocycles. The van der Waals surface area contributed by atoms with Gasteiger partial charge in [-0.3, -0.25) is 4.79 Å². The Bertz CT molecular complexity index is 474. The Balaban J connectivity index is 2.09. The molecule has 1 aromatic rings. The van der Waals surface area contributed by atoms with E-state index in [1.54, 1.807) is 12.1 Å². The molecule has 1 heterocycles. The molecular formula is C14H21N3O2. The molecule has 1 aliphatic rings. The van der Waals surface area contributed by atoms with Crippen molar-refractivity contribution in [1.29, 1.82) is 0 Å². The normalized spacial score (nSPS) is 22.3. The number of carbonyl (C=O) groups excluding carboxylic acids is 1. The lowest BCUT2D eigenvalue weighted by Gasteiger charge is -2.18. The summed E-state index contributed by atoms with van der Waals surface area (Å²) in [4.78, 5) is 14.1. The first-order valence-electron chi connectivity index (χ1n) is 6.48. The molecule has 19 heavy (non-hydrogen) atoms. The van der Waals surface area contributed by atoms with E-state index in [1.165, 1.54) is 0 Å². The molecule has 0 bridgehead atoms. The number of nitrogens with one attached hydrogen (secondary N) is 1. The van der Waals surface area contributed by atoms with Crippen LogP contribution in [0.25, 0.3) is 0 Å². The molecule has 0 aliphatic carbocycles. The first-order valence-corrected chi connectivity index (χ1v) is 6.48. The second-order valence-electron chi connectivity index (χ2n) is 5.11. The molecule has 2 unspecified atom stereocenters. The highest BCUT2D eigenvalue weighted by Gasteiger charge is 2.26. The third-order valence-electron chi connectivity index (χ3n) is 3.46. The summed E-state index contributed by atoms with van der Waals surface area (Å²) >= 11 is 0. The Morgan fingerprint density at radius 2 is 2.21 bits per heavy atom. The van der Waals surface area contributed by atoms with E-state index >= 15 is 0 Å². The van der Waals surface area contributed by atoms with Crippen LogP contribution in [0.5, 0.6) is 0 Å². The second-order valence-corrected chi connectivity index (χ2v) is 5.11. The van der Waals surface area contributed by atoms with Crippen LogP contribution < -0.4 is 16.0 Å². The number of nitrogens with zero attached hydrogens (tertiary/aromatic N) is 1. The first-order chi connectivity index (χ1) is 8.99. The predicted molar refractivity (Wildman–Crippen MR) is 76.5 cm³/mol. The Morgan fingerprint density at radius 1 is 1.47 bits per heavy atom. The number of nitrogens with two attached hydrogens (primary N) is 1. The standard InChI is InChI=1S/C14H21N3O2/c1-9-12(6-7-19-9)16-14(18)10-4-5-13(17(2)3)11(15)8-10/h4-5,8-9,12H,6-7,15H2,1-3H3,(H,16,18). The summed E-state index contributed by atoms with van der Waals surface area (Å²) < 4.78 is 5.43. The van der Waals surface area contributed by atoms with Crippen LogP contribution >= 0.6 is 0 Å². The van der Waals surface area contributed by atoms with E-state index in [0.717, 1.165) is 12.1 Å². The summed E-state index contributed by atoms with van der Waals surface area (Å²) in [5.74, 6) is -0.0978. The van der Waals surface area contributed by atoms with Crippen molar-refractivity contribution in [1.82, 2.24) is 5.32 Å². The molecule has 1 amide bonds. The number of anilines is 2. The summed E-state index contributed by atoms with van der Waals surface area (Å²) in [5.41, 5.74) is 8.05. The van der Waals surface area contributed by atoms with Gasteiger partial charge in [0.2, 0.25) is 0 Å². The average Bonchev–Trinajstić information content (AvgIpc) is 2.74. The SMILES string of the molecule is CC1OCCC1NC(=O)c1ccc(N(C)C)c(N)c1. The van der Waals surface area contributed by atoms with Gasteiger partial charge in [-0.1, -0.05) is 0 Å². The number of carbonyl (C=O) groups is 1. The van der Waals surface area contributed by atoms with Gasteiger partial charge in [0.05, 0.1) is 23.5 Å². The van der Waals surface area contributed by atoms with Gasteiger partial charge in [0.1, 0.15) is 0 Å². The van der Waals surface area contributed by atoms with Crippen LogP contribution in [-0.2, 0) is 4.74 Å². The van der Waals surface area contributed by atoms with Gasteiger partial charge in [0.15, 0.2) is 0 Å². The third-order valence-corrected chi connectivity index (χ3v) is 3.46. The smallest absolute Gasteiger partial charge is 0.251 e. The van der Waals surface area contributed by atoms with Crippen molar-refractivity contribution in [2.24, 2.45) is 0 Å². The van der Waals surface area contributed by atoms with E-state index in [1.807, 2.05) is 32.0 Å². The highest BCUT2D eigenvalue weighted by molar-refractivity contribution is 5.96. The van der Waals surface area contributed by atoms with E-state index in [-0.39, 0.29) is 18.1 Å². The minimum absolute atomic E-state index is 0.0716. The quantitative estimate of drug-likeness (QED) is 0.805. The number of hydrogen-bond acceptors (Lipinski definition) is 4. The molecule has 104 valence electrons. The van der Waals surface area contributed by atoms with Crippen LogP contribution in [0.4, 0.5) is 11.4 Å². The number of amides is 1. The third kappa shape index (κ3) is 2.98. The lowest BCUT2D eigenvalue weighted by Crippen LogP contribution is -2.39. The van der Waals surface area contributed by atoms with Gasteiger partial charge < -0.3 is 20.7 Å². The average molecular weight is 263 g/mol. The fourth-order valence-electron chi connectivity index (χ4n) is 2.28. The summed E-state index contributed by atoms with van der Waals surface area (Å²) in [6, 6.07) is 5.45. The van der Waals surface area contributed by atoms with Gasteiger partial charge in [-0.2, -0.15) is 0 Å². The van der Waals surface area contributed by atoms with E-state index in [2.05, 4.69) is 5.32 Å². The summed E-state index contributed by atoms with van der Waals surface area (Å²) in [6.45, 7) is 2.68. The van der Waals surface area contributed by atoms with Gasteiger partial charge in [-0.15, -0.1) is 0 Å². The topological polar surface area (TPSA) is 67.6 Å². The van der Waals surface area contributed by atoms with Crippen molar-refractivity contribution in [3.63, 3.8) is 0 Å². The second kappa shape index (κ2) is 5.48. The van der Waals surface area contributed by atoms with Crippen LogP contribution in [-0.4, -0.2) is 38.8 Å². The molecule has 1 fully saturated rings. The van der Waals surface area contributed by atoms with Crippen molar-refractivity contribution in [3.05, 3.63) is 23.8 Å². The van der Waals surface area contributed by atoms with Crippen molar-refractivity contribution < 1.29 is 9.53 Å². The molecule has 2 rings (SSSR count). The molecule has 5 nitrogen and oxygen atoms in total. The monoisotopic (exact) mass is 263 g/mol. The molecule has 2 atom stereocenters. The zero-order valence-electron chi connectivity index (χ0n) is 11.6. The molecular weight excluding hydrogens is 242 g/mol. The highest BCUT2D eigenvalue weighted by atomic mass is 16.5. The van der Waals surface area contributed by atoms with Crippen LogP contribution in [0.15, 0.2) is 18.2 Å². The molecule has 0 radical (unpaired) electrons. The van der Waals surface area contributed by atoms with Crippen molar-refractivity contribution >= 4 is 17.3 Å². The largest absolute Gasteiger partial charge is 0.397 e. The molecule has 5 heteroatoms. The lowest BCUT2D eigenvalue weighted by molar-refractivity contribution is 0.0866. The first kappa shape index (κ1) is 13.7. The molecule has 1 aliphatic heterocycles. The summed E-state index contributed by atoms with van der Waals surface area (Å²) in [6.07, 6.45) is 0.931. The van der Waals surface area contributed by atoms with E-state index in [4.69, 9.17) is 10.5 Å². The van der Waals surface area contributed by atoms with E-state index < -0.39 is 0 Å². The maximum Gasteiger partial charge on any atom is 0.251 e. The fraction of sp³-hybridized carbons (Fsp3) is 0.500. The summed E-state index contributed by atoms with van der Waals surface area (Å²) in [7, 11) is 3.84. The number of benzene rings is 1. The predicted octanol–water partition coefficient (Wildman–Crippen LogP) is 1.24. The van der Waals surface area contributed by atoms with Gasteiger partial charge in [0.25, 0.3) is 5.91 Å². The minimum Gasteiger partial charge on any atom is -0.397 e. The fourth-order valence-corrected chi connectivity index (χ4v) is 2.28. The zero-order chi connectivity index (χ0) is 14.0. The van der Waals surface area contributed by atoms with Crippen LogP contribution in [0, 0.1) is 0 Å².